The topological polar surface area (TPSA) is 79.4 Å². The number of imidazole rings is 1. The van der Waals surface area contributed by atoms with Crippen molar-refractivity contribution in [1.82, 2.24) is 14.5 Å². The number of rotatable bonds is 11. The van der Waals surface area contributed by atoms with E-state index in [9.17, 15) is 4.79 Å². The second-order valence-electron chi connectivity index (χ2n) is 13.1. The molecular weight excluding hydrogens is 628 g/mol. The maximum absolute atomic E-state index is 14.3. The lowest BCUT2D eigenvalue weighted by Crippen LogP contribution is -2.45. The Morgan fingerprint density at radius 2 is 1.65 bits per heavy atom. The summed E-state index contributed by atoms with van der Waals surface area (Å²) in [7, 11) is 2.08. The summed E-state index contributed by atoms with van der Waals surface area (Å²) >= 11 is 6.20. The lowest BCUT2D eigenvalue weighted by Gasteiger charge is -2.34. The van der Waals surface area contributed by atoms with Crippen molar-refractivity contribution in [3.05, 3.63) is 137 Å². The number of carbonyl (C=O) groups excluding carboxylic acids is 1. The van der Waals surface area contributed by atoms with E-state index < -0.39 is 0 Å². The van der Waals surface area contributed by atoms with E-state index in [0.717, 1.165) is 88.5 Å². The molecule has 8 heteroatoms. The molecule has 250 valence electrons. The highest BCUT2D eigenvalue weighted by Crippen LogP contribution is 2.28. The van der Waals surface area contributed by atoms with Crippen LogP contribution in [0.25, 0.3) is 21.8 Å². The summed E-state index contributed by atoms with van der Waals surface area (Å²) in [5.74, 6) is 1.11. The molecule has 2 heterocycles. The fourth-order valence-corrected chi connectivity index (χ4v) is 7.17. The van der Waals surface area contributed by atoms with Crippen LogP contribution in [-0.2, 0) is 37.8 Å². The lowest BCUT2D eigenvalue weighted by molar-refractivity contribution is -0.120. The van der Waals surface area contributed by atoms with Crippen LogP contribution < -0.4 is 16.0 Å². The van der Waals surface area contributed by atoms with Crippen LogP contribution in [0.15, 0.2) is 109 Å². The summed E-state index contributed by atoms with van der Waals surface area (Å²) in [4.78, 5) is 23.6. The number of likely N-dealkylation sites (tertiary alicyclic amines) is 1. The predicted octanol–water partition coefficient (Wildman–Crippen LogP) is 7.73. The van der Waals surface area contributed by atoms with Gasteiger partial charge in [0.25, 0.3) is 0 Å². The molecule has 49 heavy (non-hydrogen) atoms. The van der Waals surface area contributed by atoms with Crippen molar-refractivity contribution in [2.24, 2.45) is 12.8 Å². The monoisotopic (exact) mass is 670 g/mol. The Morgan fingerprint density at radius 1 is 0.898 bits per heavy atom. The van der Waals surface area contributed by atoms with Crippen LogP contribution in [0.3, 0.4) is 0 Å². The number of piperidine rings is 1. The van der Waals surface area contributed by atoms with Crippen LogP contribution in [0.2, 0.25) is 5.02 Å². The van der Waals surface area contributed by atoms with Gasteiger partial charge in [-0.1, -0.05) is 84.4 Å². The molecule has 1 aliphatic rings. The summed E-state index contributed by atoms with van der Waals surface area (Å²) in [6.45, 7) is 3.10. The summed E-state index contributed by atoms with van der Waals surface area (Å²) < 4.78 is 2.17. The number of aromatic nitrogens is 2. The SMILES string of the molecule is Cn1c(CCc2ccc(CN)cc2)nc2cc(N(Cc3cccc4ccccc34)C(=O)CN3CCC(Nc4cccc(Cl)c4)CC3)ccc21. The molecule has 5 aromatic carbocycles. The number of hydrogen-bond acceptors (Lipinski definition) is 5. The number of amides is 1. The van der Waals surface area contributed by atoms with E-state index in [0.29, 0.717) is 25.7 Å². The Labute approximate surface area is 293 Å². The summed E-state index contributed by atoms with van der Waals surface area (Å²) in [6, 6.07) is 37.7. The van der Waals surface area contributed by atoms with Gasteiger partial charge in [0.1, 0.15) is 5.82 Å². The van der Waals surface area contributed by atoms with Crippen LogP contribution in [0.5, 0.6) is 0 Å². The smallest absolute Gasteiger partial charge is 0.241 e. The zero-order valence-electron chi connectivity index (χ0n) is 28.0. The molecule has 1 amide bonds. The van der Waals surface area contributed by atoms with Crippen molar-refractivity contribution in [3.63, 3.8) is 0 Å². The zero-order valence-corrected chi connectivity index (χ0v) is 28.7. The number of carbonyl (C=O) groups is 1. The highest BCUT2D eigenvalue weighted by Gasteiger charge is 2.25. The molecule has 0 unspecified atom stereocenters. The maximum atomic E-state index is 14.3. The van der Waals surface area contributed by atoms with Gasteiger partial charge >= 0.3 is 0 Å². The van der Waals surface area contributed by atoms with Crippen LogP contribution in [0.4, 0.5) is 11.4 Å². The van der Waals surface area contributed by atoms with Crippen molar-refractivity contribution in [3.8, 4) is 0 Å². The summed E-state index contributed by atoms with van der Waals surface area (Å²) in [5.41, 5.74) is 13.2. The average molecular weight is 671 g/mol. The first kappa shape index (κ1) is 32.8. The van der Waals surface area contributed by atoms with E-state index >= 15 is 0 Å². The Morgan fingerprint density at radius 3 is 2.45 bits per heavy atom. The van der Waals surface area contributed by atoms with Crippen molar-refractivity contribution in [2.45, 2.75) is 44.8 Å². The predicted molar refractivity (Wildman–Crippen MR) is 202 cm³/mol. The third kappa shape index (κ3) is 7.65. The largest absolute Gasteiger partial charge is 0.382 e. The van der Waals surface area contributed by atoms with E-state index in [-0.39, 0.29) is 5.91 Å². The quantitative estimate of drug-likeness (QED) is 0.148. The third-order valence-electron chi connectivity index (χ3n) is 9.82. The van der Waals surface area contributed by atoms with Crippen LogP contribution in [0, 0.1) is 0 Å². The molecule has 0 radical (unpaired) electrons. The molecule has 0 bridgehead atoms. The fourth-order valence-electron chi connectivity index (χ4n) is 6.98. The normalized spacial score (nSPS) is 14.0. The van der Waals surface area contributed by atoms with Gasteiger partial charge in [0, 0.05) is 55.5 Å². The number of hydrogen-bond donors (Lipinski definition) is 2. The molecule has 7 rings (SSSR count). The van der Waals surface area contributed by atoms with E-state index in [1.54, 1.807) is 0 Å². The number of benzene rings is 5. The highest BCUT2D eigenvalue weighted by atomic mass is 35.5. The van der Waals surface area contributed by atoms with Gasteiger partial charge in [-0.2, -0.15) is 0 Å². The van der Waals surface area contributed by atoms with Gasteiger partial charge in [-0.25, -0.2) is 4.98 Å². The van der Waals surface area contributed by atoms with Crippen LogP contribution >= 0.6 is 11.6 Å². The minimum atomic E-state index is 0.0885. The molecular formula is C41H43ClN6O. The number of nitrogens with one attached hydrogen (secondary N) is 1. The minimum Gasteiger partial charge on any atom is -0.382 e. The first-order valence-electron chi connectivity index (χ1n) is 17.2. The van der Waals surface area contributed by atoms with E-state index in [1.165, 1.54) is 10.9 Å². The van der Waals surface area contributed by atoms with Crippen molar-refractivity contribution in [2.75, 3.05) is 29.9 Å². The van der Waals surface area contributed by atoms with Crippen molar-refractivity contribution >= 4 is 50.7 Å². The van der Waals surface area contributed by atoms with Crippen LogP contribution in [-0.4, -0.2) is 46.0 Å². The number of aryl methyl sites for hydroxylation is 3. The number of anilines is 2. The molecule has 0 atom stereocenters. The van der Waals surface area contributed by atoms with Crippen molar-refractivity contribution in [1.29, 1.82) is 0 Å². The average Bonchev–Trinajstić information content (AvgIpc) is 3.44. The number of nitrogens with two attached hydrogens (primary N) is 1. The van der Waals surface area contributed by atoms with Gasteiger partial charge in [-0.3, -0.25) is 9.69 Å². The summed E-state index contributed by atoms with van der Waals surface area (Å²) in [5, 5.41) is 6.68. The Balaban J connectivity index is 1.11. The first-order valence-corrected chi connectivity index (χ1v) is 17.6. The van der Waals surface area contributed by atoms with Gasteiger partial charge in [0.05, 0.1) is 24.1 Å². The Bertz CT molecular complexity index is 2060. The van der Waals surface area contributed by atoms with Gasteiger partial charge in [0.2, 0.25) is 5.91 Å². The molecule has 1 saturated heterocycles. The number of nitrogens with zero attached hydrogens (tertiary/aromatic N) is 4. The number of fused-ring (bicyclic) bond motifs is 2. The second kappa shape index (κ2) is 14.8. The highest BCUT2D eigenvalue weighted by molar-refractivity contribution is 6.30. The Kier molecular flexibility index (Phi) is 9.94. The maximum Gasteiger partial charge on any atom is 0.241 e. The molecule has 6 aromatic rings. The third-order valence-corrected chi connectivity index (χ3v) is 10.1. The fraction of sp³-hybridized carbons (Fsp3) is 0.268. The zero-order chi connectivity index (χ0) is 33.7. The second-order valence-corrected chi connectivity index (χ2v) is 13.5. The molecule has 7 nitrogen and oxygen atoms in total. The van der Waals surface area contributed by atoms with Crippen LogP contribution in [0.1, 0.15) is 35.4 Å². The minimum absolute atomic E-state index is 0.0885. The van der Waals surface area contributed by atoms with Gasteiger partial charge in [-0.05, 0) is 83.1 Å². The number of halogens is 1. The standard InChI is InChI=1S/C41H43ClN6O/c1-46-39-18-17-36(25-38(39)45-40(46)19-16-29-12-14-30(26-43)15-13-29)48(27-32-8-4-7-31-6-2-3-11-37(31)32)41(49)28-47-22-20-34(21-23-47)44-35-10-5-9-33(42)24-35/h2-15,17-18,24-25,34,44H,16,19-23,26-28,43H2,1H3. The van der Waals surface area contributed by atoms with Gasteiger partial charge in [0.15, 0.2) is 0 Å². The lowest BCUT2D eigenvalue weighted by atomic mass is 10.0. The van der Waals surface area contributed by atoms with E-state index in [2.05, 4.69) is 113 Å². The first-order chi connectivity index (χ1) is 23.9. The molecule has 0 saturated carbocycles. The molecule has 1 fully saturated rings. The van der Waals surface area contributed by atoms with Gasteiger partial charge in [-0.15, -0.1) is 0 Å². The molecule has 1 aromatic heterocycles. The van der Waals surface area contributed by atoms with E-state index in [1.807, 2.05) is 23.1 Å². The van der Waals surface area contributed by atoms with Crippen molar-refractivity contribution < 1.29 is 4.79 Å². The molecule has 3 N–H and O–H groups in total. The molecule has 0 aliphatic carbocycles. The molecule has 1 aliphatic heterocycles. The van der Waals surface area contributed by atoms with E-state index in [4.69, 9.17) is 22.3 Å². The molecule has 0 spiro atoms. The summed E-state index contributed by atoms with van der Waals surface area (Å²) in [6.07, 6.45) is 3.64. The Hall–Kier alpha value is -4.69. The van der Waals surface area contributed by atoms with Gasteiger partial charge < -0.3 is 20.5 Å².